The number of hydrogen-bond acceptors (Lipinski definition) is 1. The largest absolute Gasteiger partial charge is 0.162 e. The van der Waals surface area contributed by atoms with Crippen molar-refractivity contribution in [3.63, 3.8) is 0 Å². The van der Waals surface area contributed by atoms with Gasteiger partial charge < -0.3 is 0 Å². The molecule has 0 spiro atoms. The first kappa shape index (κ1) is 6.47. The molecule has 0 radical (unpaired) electrons. The van der Waals surface area contributed by atoms with Gasteiger partial charge in [0.25, 0.3) is 0 Å². The van der Waals surface area contributed by atoms with Gasteiger partial charge >= 0.3 is 0 Å². The lowest BCUT2D eigenvalue weighted by molar-refractivity contribution is 0.613. The summed E-state index contributed by atoms with van der Waals surface area (Å²) in [6.07, 6.45) is 6.61. The van der Waals surface area contributed by atoms with Crippen molar-refractivity contribution >= 4 is 11.8 Å². The fraction of sp³-hybridized carbons (Fsp3) is 1.00. The normalized spacial score (nSPS) is 38.2. The molecular weight excluding hydrogens is 116 g/mol. The van der Waals surface area contributed by atoms with E-state index in [4.69, 9.17) is 0 Å². The molecule has 1 aliphatic carbocycles. The zero-order chi connectivity index (χ0) is 5.98. The van der Waals surface area contributed by atoms with E-state index in [2.05, 4.69) is 13.2 Å². The van der Waals surface area contributed by atoms with E-state index in [1.165, 1.54) is 19.3 Å². The lowest BCUT2D eigenvalue weighted by Gasteiger charge is -2.01. The van der Waals surface area contributed by atoms with E-state index in [9.17, 15) is 0 Å². The minimum atomic E-state index is 0.991. The van der Waals surface area contributed by atoms with Gasteiger partial charge in [-0.15, -0.1) is 0 Å². The predicted molar refractivity (Wildman–Crippen MR) is 40.3 cm³/mol. The zero-order valence-corrected chi connectivity index (χ0v) is 6.50. The molecular formula is C7H14S. The summed E-state index contributed by atoms with van der Waals surface area (Å²) in [4.78, 5) is 0. The van der Waals surface area contributed by atoms with Gasteiger partial charge in [-0.25, -0.2) is 0 Å². The molecule has 1 rings (SSSR count). The van der Waals surface area contributed by atoms with Crippen LogP contribution in [0.1, 0.15) is 26.2 Å². The second-order valence-electron chi connectivity index (χ2n) is 2.78. The molecule has 0 aromatic heterocycles. The molecule has 0 bridgehead atoms. The maximum Gasteiger partial charge on any atom is 0.00469 e. The smallest absolute Gasteiger partial charge is 0.00469 e. The Hall–Kier alpha value is 0.350. The van der Waals surface area contributed by atoms with Gasteiger partial charge in [-0.1, -0.05) is 6.92 Å². The fourth-order valence-corrected chi connectivity index (χ4v) is 2.26. The van der Waals surface area contributed by atoms with Gasteiger partial charge in [0.1, 0.15) is 0 Å². The Kier molecular flexibility index (Phi) is 2.24. The van der Waals surface area contributed by atoms with Gasteiger partial charge in [0.15, 0.2) is 0 Å². The molecule has 0 nitrogen and oxygen atoms in total. The van der Waals surface area contributed by atoms with E-state index in [0.29, 0.717) is 0 Å². The van der Waals surface area contributed by atoms with Crippen LogP contribution in [0, 0.1) is 5.92 Å². The van der Waals surface area contributed by atoms with Crippen LogP contribution in [0.2, 0.25) is 0 Å². The highest BCUT2D eigenvalue weighted by atomic mass is 32.2. The Morgan fingerprint density at radius 1 is 1.38 bits per heavy atom. The van der Waals surface area contributed by atoms with Gasteiger partial charge in [-0.05, 0) is 31.4 Å². The van der Waals surface area contributed by atoms with E-state index < -0.39 is 0 Å². The van der Waals surface area contributed by atoms with Crippen LogP contribution in [0.25, 0.3) is 0 Å². The molecule has 0 aromatic rings. The predicted octanol–water partition coefficient (Wildman–Crippen LogP) is 2.54. The molecule has 0 saturated heterocycles. The molecule has 0 N–H and O–H groups in total. The average molecular weight is 130 g/mol. The van der Waals surface area contributed by atoms with Gasteiger partial charge in [0.05, 0.1) is 0 Å². The van der Waals surface area contributed by atoms with Crippen LogP contribution in [-0.2, 0) is 0 Å². The van der Waals surface area contributed by atoms with Crippen molar-refractivity contribution in [1.82, 2.24) is 0 Å². The first-order chi connectivity index (χ1) is 3.83. The molecule has 8 heavy (non-hydrogen) atoms. The SMILES string of the molecule is CSC1CC[C@@H](C)C1. The molecule has 1 heteroatoms. The highest BCUT2D eigenvalue weighted by Gasteiger charge is 2.19. The molecule has 0 amide bonds. The van der Waals surface area contributed by atoms with E-state index in [-0.39, 0.29) is 0 Å². The van der Waals surface area contributed by atoms with Crippen molar-refractivity contribution < 1.29 is 0 Å². The summed E-state index contributed by atoms with van der Waals surface area (Å²) in [5.41, 5.74) is 0. The molecule has 1 saturated carbocycles. The van der Waals surface area contributed by atoms with Crippen LogP contribution in [0.5, 0.6) is 0 Å². The molecule has 1 fully saturated rings. The molecule has 1 aliphatic rings. The Bertz CT molecular complexity index is 70.8. The maximum atomic E-state index is 2.36. The molecule has 1 unspecified atom stereocenters. The van der Waals surface area contributed by atoms with E-state index in [1.807, 2.05) is 11.8 Å². The summed E-state index contributed by atoms with van der Waals surface area (Å²) in [6, 6.07) is 0. The molecule has 0 aromatic carbocycles. The number of thioether (sulfide) groups is 1. The second kappa shape index (κ2) is 2.77. The minimum Gasteiger partial charge on any atom is -0.162 e. The lowest BCUT2D eigenvalue weighted by atomic mass is 10.1. The van der Waals surface area contributed by atoms with Gasteiger partial charge in [0.2, 0.25) is 0 Å². The Balaban J connectivity index is 2.22. The van der Waals surface area contributed by atoms with Crippen LogP contribution < -0.4 is 0 Å². The number of rotatable bonds is 1. The topological polar surface area (TPSA) is 0 Å². The van der Waals surface area contributed by atoms with Crippen molar-refractivity contribution in [3.05, 3.63) is 0 Å². The molecule has 2 atom stereocenters. The Morgan fingerprint density at radius 2 is 2.12 bits per heavy atom. The van der Waals surface area contributed by atoms with Gasteiger partial charge in [0, 0.05) is 5.25 Å². The molecule has 0 heterocycles. The van der Waals surface area contributed by atoms with E-state index in [0.717, 1.165) is 11.2 Å². The van der Waals surface area contributed by atoms with Gasteiger partial charge in [-0.2, -0.15) is 11.8 Å². The van der Waals surface area contributed by atoms with Crippen LogP contribution in [0.4, 0.5) is 0 Å². The maximum absolute atomic E-state index is 2.36. The average Bonchev–Trinajstić information content (AvgIpc) is 2.14. The highest BCUT2D eigenvalue weighted by Crippen LogP contribution is 2.31. The van der Waals surface area contributed by atoms with Crippen LogP contribution in [0.15, 0.2) is 0 Å². The van der Waals surface area contributed by atoms with Crippen molar-refractivity contribution in [2.45, 2.75) is 31.4 Å². The summed E-state index contributed by atoms with van der Waals surface area (Å²) in [5, 5.41) is 0.991. The van der Waals surface area contributed by atoms with E-state index >= 15 is 0 Å². The monoisotopic (exact) mass is 130 g/mol. The summed E-state index contributed by atoms with van der Waals surface area (Å²) in [6.45, 7) is 2.36. The Morgan fingerprint density at radius 3 is 2.38 bits per heavy atom. The molecule has 0 aliphatic heterocycles. The quantitative estimate of drug-likeness (QED) is 0.525. The summed E-state index contributed by atoms with van der Waals surface area (Å²) in [7, 11) is 0. The third-order valence-electron chi connectivity index (χ3n) is 1.98. The van der Waals surface area contributed by atoms with Crippen molar-refractivity contribution in [1.29, 1.82) is 0 Å². The summed E-state index contributed by atoms with van der Waals surface area (Å²) >= 11 is 2.04. The van der Waals surface area contributed by atoms with Crippen LogP contribution in [-0.4, -0.2) is 11.5 Å². The van der Waals surface area contributed by atoms with E-state index in [1.54, 1.807) is 0 Å². The van der Waals surface area contributed by atoms with Gasteiger partial charge in [-0.3, -0.25) is 0 Å². The standard InChI is InChI=1S/C7H14S/c1-6-3-4-7(5-6)8-2/h6-7H,3-5H2,1-2H3/t6-,7?/m1/s1. The number of hydrogen-bond donors (Lipinski definition) is 0. The second-order valence-corrected chi connectivity index (χ2v) is 3.91. The first-order valence-electron chi connectivity index (χ1n) is 3.35. The lowest BCUT2D eigenvalue weighted by Crippen LogP contribution is -1.92. The third-order valence-corrected chi connectivity index (χ3v) is 3.07. The van der Waals surface area contributed by atoms with Crippen molar-refractivity contribution in [3.8, 4) is 0 Å². The molecule has 48 valence electrons. The first-order valence-corrected chi connectivity index (χ1v) is 4.64. The highest BCUT2D eigenvalue weighted by molar-refractivity contribution is 7.99. The summed E-state index contributed by atoms with van der Waals surface area (Å²) < 4.78 is 0. The Labute approximate surface area is 56.0 Å². The minimum absolute atomic E-state index is 0.991. The van der Waals surface area contributed by atoms with Crippen LogP contribution in [0.3, 0.4) is 0 Å². The van der Waals surface area contributed by atoms with Crippen LogP contribution >= 0.6 is 11.8 Å². The van der Waals surface area contributed by atoms with Crippen molar-refractivity contribution in [2.24, 2.45) is 5.92 Å². The fourth-order valence-electron chi connectivity index (χ4n) is 1.37. The summed E-state index contributed by atoms with van der Waals surface area (Å²) in [5.74, 6) is 1.01. The third kappa shape index (κ3) is 1.41. The van der Waals surface area contributed by atoms with Crippen molar-refractivity contribution in [2.75, 3.05) is 6.26 Å². The zero-order valence-electron chi connectivity index (χ0n) is 5.68.